The van der Waals surface area contributed by atoms with Gasteiger partial charge in [0.15, 0.2) is 0 Å². The molecule has 2 rings (SSSR count). The highest BCUT2D eigenvalue weighted by Crippen LogP contribution is 2.12. The molecular formula is C16H19N3O3. The third-order valence-corrected chi connectivity index (χ3v) is 3.01. The fraction of sp³-hybridized carbons (Fsp3) is 0.312. The van der Waals surface area contributed by atoms with Gasteiger partial charge >= 0.3 is 0 Å². The Morgan fingerprint density at radius 1 is 1.23 bits per heavy atom. The van der Waals surface area contributed by atoms with E-state index >= 15 is 0 Å². The molecule has 0 bridgehead atoms. The second-order valence-corrected chi connectivity index (χ2v) is 4.80. The molecule has 0 unspecified atom stereocenters. The molecule has 2 N–H and O–H groups in total. The molecule has 116 valence electrons. The summed E-state index contributed by atoms with van der Waals surface area (Å²) in [6.45, 7) is 3.27. The molecule has 0 spiro atoms. The van der Waals surface area contributed by atoms with Crippen LogP contribution >= 0.6 is 0 Å². The van der Waals surface area contributed by atoms with E-state index < -0.39 is 0 Å². The van der Waals surface area contributed by atoms with Crippen molar-refractivity contribution in [1.29, 1.82) is 0 Å². The standard InChI is InChI=1S/C16H19N3O3/c1-2-11-22-13-5-3-12(4-6-13)9-10-17-16(21)14-7-8-15(20)19-18-14/h3-8H,2,9-11H2,1H3,(H,17,21)(H,19,20). The van der Waals surface area contributed by atoms with Crippen LogP contribution in [0.2, 0.25) is 0 Å². The van der Waals surface area contributed by atoms with Gasteiger partial charge in [0.25, 0.3) is 11.5 Å². The molecule has 0 aliphatic heterocycles. The number of aromatic nitrogens is 2. The maximum absolute atomic E-state index is 11.8. The molecular weight excluding hydrogens is 282 g/mol. The van der Waals surface area contributed by atoms with Crippen LogP contribution < -0.4 is 15.6 Å². The van der Waals surface area contributed by atoms with Crippen molar-refractivity contribution in [3.63, 3.8) is 0 Å². The SMILES string of the molecule is CCCOc1ccc(CCNC(=O)c2ccc(=O)[nH]n2)cc1. The van der Waals surface area contributed by atoms with Gasteiger partial charge in [-0.15, -0.1) is 0 Å². The number of H-pyrrole nitrogens is 1. The third kappa shape index (κ3) is 4.73. The van der Waals surface area contributed by atoms with E-state index in [1.807, 2.05) is 24.3 Å². The van der Waals surface area contributed by atoms with Crippen LogP contribution in [0.3, 0.4) is 0 Å². The van der Waals surface area contributed by atoms with Gasteiger partial charge in [0, 0.05) is 12.6 Å². The number of nitrogens with one attached hydrogen (secondary N) is 2. The molecule has 1 aromatic heterocycles. The zero-order valence-corrected chi connectivity index (χ0v) is 12.5. The molecule has 2 aromatic rings. The Morgan fingerprint density at radius 2 is 2.00 bits per heavy atom. The molecule has 1 aromatic carbocycles. The van der Waals surface area contributed by atoms with E-state index in [4.69, 9.17) is 4.74 Å². The fourth-order valence-corrected chi connectivity index (χ4v) is 1.85. The van der Waals surface area contributed by atoms with E-state index in [1.165, 1.54) is 12.1 Å². The second kappa shape index (κ2) is 7.97. The van der Waals surface area contributed by atoms with Crippen LogP contribution in [0, 0.1) is 0 Å². The summed E-state index contributed by atoms with van der Waals surface area (Å²) in [4.78, 5) is 22.7. The molecule has 1 heterocycles. The number of aromatic amines is 1. The number of benzene rings is 1. The van der Waals surface area contributed by atoms with Gasteiger partial charge < -0.3 is 10.1 Å². The minimum absolute atomic E-state index is 0.197. The van der Waals surface area contributed by atoms with Crippen LogP contribution in [0.25, 0.3) is 0 Å². The summed E-state index contributed by atoms with van der Waals surface area (Å²) >= 11 is 0. The first-order valence-corrected chi connectivity index (χ1v) is 7.24. The molecule has 0 saturated carbocycles. The van der Waals surface area contributed by atoms with Crippen LogP contribution in [0.1, 0.15) is 29.4 Å². The van der Waals surface area contributed by atoms with E-state index in [1.54, 1.807) is 0 Å². The van der Waals surface area contributed by atoms with Crippen LogP contribution in [0.15, 0.2) is 41.2 Å². The van der Waals surface area contributed by atoms with Gasteiger partial charge in [-0.2, -0.15) is 5.10 Å². The Balaban J connectivity index is 1.79. The van der Waals surface area contributed by atoms with E-state index in [0.29, 0.717) is 19.6 Å². The maximum Gasteiger partial charge on any atom is 0.271 e. The molecule has 0 radical (unpaired) electrons. The number of carbonyl (C=O) groups excluding carboxylic acids is 1. The van der Waals surface area contributed by atoms with Gasteiger partial charge in [-0.3, -0.25) is 9.59 Å². The van der Waals surface area contributed by atoms with Crippen molar-refractivity contribution in [3.05, 3.63) is 58.0 Å². The average Bonchev–Trinajstić information content (AvgIpc) is 2.54. The Bertz CT molecular complexity index is 645. The first kappa shape index (κ1) is 15.8. The van der Waals surface area contributed by atoms with Crippen LogP contribution in [-0.2, 0) is 6.42 Å². The normalized spacial score (nSPS) is 10.2. The molecule has 6 nitrogen and oxygen atoms in total. The summed E-state index contributed by atoms with van der Waals surface area (Å²) in [7, 11) is 0. The highest BCUT2D eigenvalue weighted by atomic mass is 16.5. The van der Waals surface area contributed by atoms with Gasteiger partial charge in [-0.1, -0.05) is 19.1 Å². The molecule has 6 heteroatoms. The number of hydrogen-bond acceptors (Lipinski definition) is 4. The summed E-state index contributed by atoms with van der Waals surface area (Å²) in [6, 6.07) is 10.5. The molecule has 22 heavy (non-hydrogen) atoms. The summed E-state index contributed by atoms with van der Waals surface area (Å²) in [5, 5.41) is 8.67. The number of rotatable bonds is 7. The first-order chi connectivity index (χ1) is 10.7. The lowest BCUT2D eigenvalue weighted by Gasteiger charge is -2.07. The highest BCUT2D eigenvalue weighted by molar-refractivity contribution is 5.91. The van der Waals surface area contributed by atoms with Gasteiger partial charge in [-0.25, -0.2) is 5.10 Å². The topological polar surface area (TPSA) is 84.1 Å². The number of nitrogens with zero attached hydrogens (tertiary/aromatic N) is 1. The number of ether oxygens (including phenoxy) is 1. The summed E-state index contributed by atoms with van der Waals surface area (Å²) < 4.78 is 5.51. The largest absolute Gasteiger partial charge is 0.494 e. The monoisotopic (exact) mass is 301 g/mol. The predicted molar refractivity (Wildman–Crippen MR) is 83.1 cm³/mol. The van der Waals surface area contributed by atoms with Crippen molar-refractivity contribution in [2.45, 2.75) is 19.8 Å². The smallest absolute Gasteiger partial charge is 0.271 e. The minimum atomic E-state index is -0.332. The van der Waals surface area contributed by atoms with E-state index in [9.17, 15) is 9.59 Å². The van der Waals surface area contributed by atoms with Crippen LogP contribution in [-0.4, -0.2) is 29.3 Å². The Labute approximate surface area is 128 Å². The van der Waals surface area contributed by atoms with Crippen molar-refractivity contribution >= 4 is 5.91 Å². The van der Waals surface area contributed by atoms with Gasteiger partial charge in [0.05, 0.1) is 6.61 Å². The number of carbonyl (C=O) groups is 1. The summed E-state index contributed by atoms with van der Waals surface area (Å²) in [6.07, 6.45) is 1.69. The van der Waals surface area contributed by atoms with E-state index in [0.717, 1.165) is 17.7 Å². The van der Waals surface area contributed by atoms with Crippen LogP contribution in [0.4, 0.5) is 0 Å². The van der Waals surface area contributed by atoms with Crippen molar-refractivity contribution < 1.29 is 9.53 Å². The van der Waals surface area contributed by atoms with Crippen molar-refractivity contribution in [3.8, 4) is 5.75 Å². The lowest BCUT2D eigenvalue weighted by molar-refractivity contribution is 0.0948. The van der Waals surface area contributed by atoms with Gasteiger partial charge in [0.2, 0.25) is 0 Å². The Morgan fingerprint density at radius 3 is 2.64 bits per heavy atom. The molecule has 0 fully saturated rings. The molecule has 0 saturated heterocycles. The average molecular weight is 301 g/mol. The Hall–Kier alpha value is -2.63. The van der Waals surface area contributed by atoms with E-state index in [-0.39, 0.29) is 17.2 Å². The van der Waals surface area contributed by atoms with Gasteiger partial charge in [-0.05, 0) is 36.6 Å². The van der Waals surface area contributed by atoms with Crippen molar-refractivity contribution in [1.82, 2.24) is 15.5 Å². The lowest BCUT2D eigenvalue weighted by Crippen LogP contribution is -2.27. The number of amides is 1. The molecule has 0 aliphatic carbocycles. The number of hydrogen-bond donors (Lipinski definition) is 2. The quantitative estimate of drug-likeness (QED) is 0.812. The highest BCUT2D eigenvalue weighted by Gasteiger charge is 2.06. The molecule has 1 amide bonds. The third-order valence-electron chi connectivity index (χ3n) is 3.01. The zero-order valence-electron chi connectivity index (χ0n) is 12.5. The van der Waals surface area contributed by atoms with Crippen molar-refractivity contribution in [2.75, 3.05) is 13.2 Å². The van der Waals surface area contributed by atoms with Gasteiger partial charge in [0.1, 0.15) is 11.4 Å². The maximum atomic E-state index is 11.8. The molecule has 0 atom stereocenters. The van der Waals surface area contributed by atoms with Crippen molar-refractivity contribution in [2.24, 2.45) is 0 Å². The van der Waals surface area contributed by atoms with Crippen LogP contribution in [0.5, 0.6) is 5.75 Å². The summed E-state index contributed by atoms with van der Waals surface area (Å²) in [5.41, 5.74) is 0.975. The Kier molecular flexibility index (Phi) is 5.71. The fourth-order valence-electron chi connectivity index (χ4n) is 1.85. The lowest BCUT2D eigenvalue weighted by atomic mass is 10.1. The van der Waals surface area contributed by atoms with E-state index in [2.05, 4.69) is 22.4 Å². The first-order valence-electron chi connectivity index (χ1n) is 7.24. The second-order valence-electron chi connectivity index (χ2n) is 4.80. The predicted octanol–water partition coefficient (Wildman–Crippen LogP) is 1.53. The molecule has 0 aliphatic rings. The summed E-state index contributed by atoms with van der Waals surface area (Å²) in [5.74, 6) is 0.547. The zero-order chi connectivity index (χ0) is 15.8. The minimum Gasteiger partial charge on any atom is -0.494 e.